The number of benzene rings is 2. The molecule has 0 unspecified atom stereocenters. The molecular weight excluding hydrogens is 444 g/mol. The molecule has 0 bridgehead atoms. The molecule has 144 valence electrons. The fourth-order valence-electron chi connectivity index (χ4n) is 2.74. The molecule has 1 saturated heterocycles. The van der Waals surface area contributed by atoms with Crippen molar-refractivity contribution in [2.75, 3.05) is 11.9 Å². The molecule has 1 aliphatic rings. The Bertz CT molecular complexity index is 979. The van der Waals surface area contributed by atoms with Crippen LogP contribution in [0.3, 0.4) is 0 Å². The van der Waals surface area contributed by atoms with E-state index in [0.29, 0.717) is 22.4 Å². The highest BCUT2D eigenvalue weighted by Gasteiger charge is 2.36. The molecule has 1 heterocycles. The highest BCUT2D eigenvalue weighted by Crippen LogP contribution is 2.33. The molecule has 1 fully saturated rings. The van der Waals surface area contributed by atoms with Gasteiger partial charge in [0.25, 0.3) is 11.1 Å². The quantitative estimate of drug-likeness (QED) is 0.658. The van der Waals surface area contributed by atoms with Gasteiger partial charge in [-0.3, -0.25) is 19.3 Å². The van der Waals surface area contributed by atoms with Crippen LogP contribution in [-0.4, -0.2) is 33.6 Å². The Morgan fingerprint density at radius 2 is 1.79 bits per heavy atom. The molecule has 3 rings (SSSR count). The molecule has 3 amide bonds. The normalized spacial score (nSPS) is 15.4. The van der Waals surface area contributed by atoms with E-state index in [4.69, 9.17) is 0 Å². The Labute approximate surface area is 174 Å². The summed E-state index contributed by atoms with van der Waals surface area (Å²) in [4.78, 5) is 38.2. The highest BCUT2D eigenvalue weighted by molar-refractivity contribution is 9.10. The predicted octanol–water partition coefficient (Wildman–Crippen LogP) is 4.45. The fourth-order valence-corrected chi connectivity index (χ4v) is 3.84. The number of hydrogen-bond acceptors (Lipinski definition) is 5. The summed E-state index contributed by atoms with van der Waals surface area (Å²) in [5, 5.41) is 12.0. The van der Waals surface area contributed by atoms with Gasteiger partial charge in [0, 0.05) is 10.2 Å². The number of aryl methyl sites for hydroxylation is 2. The van der Waals surface area contributed by atoms with Crippen molar-refractivity contribution in [3.05, 3.63) is 62.5 Å². The maximum Gasteiger partial charge on any atom is 0.294 e. The van der Waals surface area contributed by atoms with Gasteiger partial charge in [0.05, 0.1) is 4.91 Å². The SMILES string of the molecule is Cc1cc(C=C2SC(=O)N(CC(=O)Nc3ccc(Br)cc3)C2=O)cc(C)c1O. The van der Waals surface area contributed by atoms with E-state index in [0.717, 1.165) is 21.1 Å². The van der Waals surface area contributed by atoms with Crippen molar-refractivity contribution in [1.29, 1.82) is 0 Å². The number of halogens is 1. The first kappa shape index (κ1) is 20.2. The van der Waals surface area contributed by atoms with E-state index >= 15 is 0 Å². The van der Waals surface area contributed by atoms with Crippen LogP contribution < -0.4 is 5.32 Å². The summed E-state index contributed by atoms with van der Waals surface area (Å²) in [6.45, 7) is 3.17. The van der Waals surface area contributed by atoms with Crippen molar-refractivity contribution >= 4 is 56.5 Å². The third-order valence-corrected chi connectivity index (χ3v) is 5.55. The van der Waals surface area contributed by atoms with Crippen LogP contribution in [0.2, 0.25) is 0 Å². The Kier molecular flexibility index (Phi) is 5.90. The van der Waals surface area contributed by atoms with E-state index in [9.17, 15) is 19.5 Å². The van der Waals surface area contributed by atoms with Crippen LogP contribution in [0.5, 0.6) is 5.75 Å². The zero-order valence-electron chi connectivity index (χ0n) is 15.2. The number of imide groups is 1. The van der Waals surface area contributed by atoms with Gasteiger partial charge in [-0.1, -0.05) is 15.9 Å². The average molecular weight is 461 g/mol. The molecule has 2 aromatic carbocycles. The third kappa shape index (κ3) is 4.45. The van der Waals surface area contributed by atoms with E-state index in [-0.39, 0.29) is 17.2 Å². The molecule has 1 aliphatic heterocycles. The Morgan fingerprint density at radius 3 is 2.39 bits per heavy atom. The molecular formula is C20H17BrN2O4S. The van der Waals surface area contributed by atoms with Gasteiger partial charge in [-0.05, 0) is 84.8 Å². The minimum Gasteiger partial charge on any atom is -0.507 e. The summed E-state index contributed by atoms with van der Waals surface area (Å²) >= 11 is 4.10. The molecule has 0 atom stereocenters. The van der Waals surface area contributed by atoms with E-state index in [1.54, 1.807) is 56.3 Å². The second-order valence-electron chi connectivity index (χ2n) is 6.33. The monoisotopic (exact) mass is 460 g/mol. The third-order valence-electron chi connectivity index (χ3n) is 4.11. The fraction of sp³-hybridized carbons (Fsp3) is 0.150. The summed E-state index contributed by atoms with van der Waals surface area (Å²) in [5.41, 5.74) is 2.64. The van der Waals surface area contributed by atoms with Gasteiger partial charge in [-0.2, -0.15) is 0 Å². The van der Waals surface area contributed by atoms with E-state index in [1.807, 2.05) is 0 Å². The second-order valence-corrected chi connectivity index (χ2v) is 8.24. The number of carbonyl (C=O) groups excluding carboxylic acids is 3. The minimum atomic E-state index is -0.510. The van der Waals surface area contributed by atoms with E-state index < -0.39 is 17.1 Å². The lowest BCUT2D eigenvalue weighted by Gasteiger charge is -2.12. The molecule has 0 spiro atoms. The summed E-state index contributed by atoms with van der Waals surface area (Å²) < 4.78 is 0.876. The summed E-state index contributed by atoms with van der Waals surface area (Å²) in [5.74, 6) is -0.763. The van der Waals surface area contributed by atoms with Crippen molar-refractivity contribution < 1.29 is 19.5 Å². The van der Waals surface area contributed by atoms with Crippen molar-refractivity contribution in [2.24, 2.45) is 0 Å². The number of nitrogens with zero attached hydrogens (tertiary/aromatic N) is 1. The molecule has 6 nitrogen and oxygen atoms in total. The van der Waals surface area contributed by atoms with E-state index in [1.165, 1.54) is 0 Å². The van der Waals surface area contributed by atoms with Gasteiger partial charge in [0.1, 0.15) is 12.3 Å². The Balaban J connectivity index is 1.72. The molecule has 2 N–H and O–H groups in total. The van der Waals surface area contributed by atoms with Crippen molar-refractivity contribution in [3.63, 3.8) is 0 Å². The molecule has 28 heavy (non-hydrogen) atoms. The Hall–Kier alpha value is -2.58. The van der Waals surface area contributed by atoms with Gasteiger partial charge >= 0.3 is 0 Å². The Morgan fingerprint density at radius 1 is 1.18 bits per heavy atom. The number of anilines is 1. The standard InChI is InChI=1S/C20H17BrN2O4S/c1-11-7-13(8-12(2)18(11)25)9-16-19(26)23(20(27)28-16)10-17(24)22-15-5-3-14(21)4-6-15/h3-9,25H,10H2,1-2H3,(H,22,24). The number of phenolic OH excluding ortho intramolecular Hbond substituents is 1. The predicted molar refractivity (Wildman–Crippen MR) is 113 cm³/mol. The lowest BCUT2D eigenvalue weighted by Crippen LogP contribution is -2.36. The average Bonchev–Trinajstić information content (AvgIpc) is 2.89. The smallest absolute Gasteiger partial charge is 0.294 e. The number of nitrogens with one attached hydrogen (secondary N) is 1. The van der Waals surface area contributed by atoms with Gasteiger partial charge < -0.3 is 10.4 Å². The van der Waals surface area contributed by atoms with Crippen LogP contribution in [0, 0.1) is 13.8 Å². The van der Waals surface area contributed by atoms with Crippen molar-refractivity contribution in [3.8, 4) is 5.75 Å². The molecule has 0 saturated carbocycles. The molecule has 2 aromatic rings. The van der Waals surface area contributed by atoms with Gasteiger partial charge in [0.15, 0.2) is 0 Å². The molecule has 8 heteroatoms. The first-order valence-electron chi connectivity index (χ1n) is 8.35. The van der Waals surface area contributed by atoms with Gasteiger partial charge in [-0.15, -0.1) is 0 Å². The number of carbonyl (C=O) groups is 3. The van der Waals surface area contributed by atoms with Crippen molar-refractivity contribution in [1.82, 2.24) is 4.90 Å². The highest BCUT2D eigenvalue weighted by atomic mass is 79.9. The second kappa shape index (κ2) is 8.20. The van der Waals surface area contributed by atoms with Crippen LogP contribution in [0.15, 0.2) is 45.8 Å². The first-order valence-corrected chi connectivity index (χ1v) is 9.96. The lowest BCUT2D eigenvalue weighted by molar-refractivity contribution is -0.127. The summed E-state index contributed by atoms with van der Waals surface area (Å²) in [6, 6.07) is 10.4. The first-order chi connectivity index (χ1) is 13.2. The van der Waals surface area contributed by atoms with Crippen LogP contribution in [0.4, 0.5) is 10.5 Å². The van der Waals surface area contributed by atoms with E-state index in [2.05, 4.69) is 21.2 Å². The number of hydrogen-bond donors (Lipinski definition) is 2. The summed E-state index contributed by atoms with van der Waals surface area (Å²) in [7, 11) is 0. The maximum atomic E-state index is 12.6. The number of phenols is 1. The van der Waals surface area contributed by atoms with Gasteiger partial charge in [0.2, 0.25) is 5.91 Å². The van der Waals surface area contributed by atoms with Crippen LogP contribution in [0.1, 0.15) is 16.7 Å². The molecule has 0 aliphatic carbocycles. The molecule has 0 aromatic heterocycles. The summed E-state index contributed by atoms with van der Waals surface area (Å²) in [6.07, 6.45) is 1.59. The van der Waals surface area contributed by atoms with Crippen LogP contribution in [0.25, 0.3) is 6.08 Å². The largest absolute Gasteiger partial charge is 0.507 e. The van der Waals surface area contributed by atoms with Gasteiger partial charge in [-0.25, -0.2) is 0 Å². The number of thioether (sulfide) groups is 1. The lowest BCUT2D eigenvalue weighted by atomic mass is 10.1. The minimum absolute atomic E-state index is 0.204. The van der Waals surface area contributed by atoms with Crippen molar-refractivity contribution in [2.45, 2.75) is 13.8 Å². The zero-order chi connectivity index (χ0) is 20.4. The number of rotatable bonds is 4. The van der Waals surface area contributed by atoms with Crippen LogP contribution >= 0.6 is 27.7 Å². The van der Waals surface area contributed by atoms with Crippen LogP contribution in [-0.2, 0) is 9.59 Å². The zero-order valence-corrected chi connectivity index (χ0v) is 17.6. The number of aromatic hydroxyl groups is 1. The topological polar surface area (TPSA) is 86.7 Å². The number of amides is 3. The maximum absolute atomic E-state index is 12.6. The molecule has 0 radical (unpaired) electrons.